The van der Waals surface area contributed by atoms with Gasteiger partial charge in [0.15, 0.2) is 0 Å². The van der Waals surface area contributed by atoms with E-state index in [1.165, 1.54) is 0 Å². The summed E-state index contributed by atoms with van der Waals surface area (Å²) in [6.07, 6.45) is 0. The summed E-state index contributed by atoms with van der Waals surface area (Å²) in [4.78, 5) is 15.7. The summed E-state index contributed by atoms with van der Waals surface area (Å²) in [6.45, 7) is 5.12. The van der Waals surface area contributed by atoms with Gasteiger partial charge in [0, 0.05) is 26.2 Å². The molecule has 15 heavy (non-hydrogen) atoms. The van der Waals surface area contributed by atoms with Gasteiger partial charge in [0.1, 0.15) is 0 Å². The number of hydrogen-bond acceptors (Lipinski definition) is 4. The first kappa shape index (κ1) is 12.4. The highest BCUT2D eigenvalue weighted by atomic mass is 16.5. The lowest BCUT2D eigenvalue weighted by Crippen LogP contribution is -2.45. The van der Waals surface area contributed by atoms with Crippen LogP contribution in [0.4, 0.5) is 0 Å². The molecule has 1 saturated heterocycles. The molecule has 1 rings (SSSR count). The summed E-state index contributed by atoms with van der Waals surface area (Å²) in [5, 5.41) is 3.06. The van der Waals surface area contributed by atoms with Crippen LogP contribution in [0.15, 0.2) is 0 Å². The number of rotatable bonds is 5. The van der Waals surface area contributed by atoms with E-state index in [1.54, 1.807) is 0 Å². The van der Waals surface area contributed by atoms with Crippen molar-refractivity contribution < 1.29 is 9.53 Å². The molecule has 0 aliphatic carbocycles. The molecule has 1 fully saturated rings. The van der Waals surface area contributed by atoms with Gasteiger partial charge in [0.05, 0.1) is 19.8 Å². The third-order valence-electron chi connectivity index (χ3n) is 2.51. The maximum absolute atomic E-state index is 11.8. The Labute approximate surface area is 91.4 Å². The molecule has 1 aliphatic rings. The fourth-order valence-electron chi connectivity index (χ4n) is 1.53. The zero-order valence-electron chi connectivity index (χ0n) is 9.66. The van der Waals surface area contributed by atoms with Crippen LogP contribution in [0.3, 0.4) is 0 Å². The Morgan fingerprint density at radius 2 is 2.13 bits per heavy atom. The van der Waals surface area contributed by atoms with Crippen LogP contribution in [-0.2, 0) is 9.53 Å². The van der Waals surface area contributed by atoms with Crippen molar-refractivity contribution in [3.63, 3.8) is 0 Å². The van der Waals surface area contributed by atoms with Gasteiger partial charge in [-0.1, -0.05) is 0 Å². The van der Waals surface area contributed by atoms with E-state index < -0.39 is 0 Å². The van der Waals surface area contributed by atoms with Gasteiger partial charge in [-0.25, -0.2) is 0 Å². The molecular formula is C10H21N3O2. The number of carbonyl (C=O) groups excluding carboxylic acids is 1. The average Bonchev–Trinajstić information content (AvgIpc) is 2.27. The lowest BCUT2D eigenvalue weighted by Gasteiger charge is -2.28. The molecule has 1 heterocycles. The van der Waals surface area contributed by atoms with Gasteiger partial charge in [-0.05, 0) is 14.1 Å². The SMILES string of the molecule is CNCCN(C)CC(=O)N1CCOCC1. The van der Waals surface area contributed by atoms with Crippen LogP contribution < -0.4 is 5.32 Å². The molecule has 0 aromatic rings. The molecular weight excluding hydrogens is 194 g/mol. The first-order valence-corrected chi connectivity index (χ1v) is 5.42. The Balaban J connectivity index is 2.21. The molecule has 88 valence electrons. The van der Waals surface area contributed by atoms with Crippen LogP contribution >= 0.6 is 0 Å². The number of amides is 1. The summed E-state index contributed by atoms with van der Waals surface area (Å²) in [5.74, 6) is 0.205. The highest BCUT2D eigenvalue weighted by Gasteiger charge is 2.17. The van der Waals surface area contributed by atoms with Crippen LogP contribution in [0.5, 0.6) is 0 Å². The van der Waals surface area contributed by atoms with Crippen LogP contribution in [0.2, 0.25) is 0 Å². The molecule has 0 unspecified atom stereocenters. The van der Waals surface area contributed by atoms with Gasteiger partial charge in [-0.3, -0.25) is 9.69 Å². The lowest BCUT2D eigenvalue weighted by atomic mass is 10.4. The monoisotopic (exact) mass is 215 g/mol. The van der Waals surface area contributed by atoms with Crippen molar-refractivity contribution >= 4 is 5.91 Å². The molecule has 0 aromatic carbocycles. The van der Waals surface area contributed by atoms with Gasteiger partial charge < -0.3 is 15.0 Å². The minimum absolute atomic E-state index is 0.205. The van der Waals surface area contributed by atoms with Crippen molar-refractivity contribution in [3.8, 4) is 0 Å². The summed E-state index contributed by atoms with van der Waals surface area (Å²) < 4.78 is 5.20. The van der Waals surface area contributed by atoms with Gasteiger partial charge >= 0.3 is 0 Å². The van der Waals surface area contributed by atoms with Gasteiger partial charge in [-0.15, -0.1) is 0 Å². The lowest BCUT2D eigenvalue weighted by molar-refractivity contribution is -0.136. The molecule has 1 amide bonds. The van der Waals surface area contributed by atoms with Crippen LogP contribution in [0.25, 0.3) is 0 Å². The van der Waals surface area contributed by atoms with Crippen LogP contribution in [0, 0.1) is 0 Å². The van der Waals surface area contributed by atoms with E-state index in [0.717, 1.165) is 26.2 Å². The Bertz CT molecular complexity index is 193. The topological polar surface area (TPSA) is 44.8 Å². The molecule has 0 radical (unpaired) electrons. The molecule has 0 aromatic heterocycles. The molecule has 0 saturated carbocycles. The summed E-state index contributed by atoms with van der Waals surface area (Å²) >= 11 is 0. The zero-order chi connectivity index (χ0) is 11.1. The first-order valence-electron chi connectivity index (χ1n) is 5.42. The average molecular weight is 215 g/mol. The second kappa shape index (κ2) is 6.76. The number of nitrogens with zero attached hydrogens (tertiary/aromatic N) is 2. The number of carbonyl (C=O) groups is 1. The summed E-state index contributed by atoms with van der Waals surface area (Å²) in [5.41, 5.74) is 0. The van der Waals surface area contributed by atoms with Crippen molar-refractivity contribution in [1.82, 2.24) is 15.1 Å². The van der Waals surface area contributed by atoms with Gasteiger partial charge in [0.25, 0.3) is 0 Å². The van der Waals surface area contributed by atoms with Crippen molar-refractivity contribution in [3.05, 3.63) is 0 Å². The summed E-state index contributed by atoms with van der Waals surface area (Å²) in [7, 11) is 3.88. The third kappa shape index (κ3) is 4.59. The number of hydrogen-bond donors (Lipinski definition) is 1. The normalized spacial score (nSPS) is 17.1. The third-order valence-corrected chi connectivity index (χ3v) is 2.51. The number of morpholine rings is 1. The fourth-order valence-corrected chi connectivity index (χ4v) is 1.53. The second-order valence-electron chi connectivity index (χ2n) is 3.83. The standard InChI is InChI=1S/C10H21N3O2/c1-11-3-4-12(2)9-10(14)13-5-7-15-8-6-13/h11H,3-9H2,1-2H3. The maximum Gasteiger partial charge on any atom is 0.236 e. The quantitative estimate of drug-likeness (QED) is 0.639. The molecule has 5 heteroatoms. The number of ether oxygens (including phenoxy) is 1. The smallest absolute Gasteiger partial charge is 0.236 e. The van der Waals surface area contributed by atoms with Crippen LogP contribution in [-0.4, -0.2) is 75.7 Å². The van der Waals surface area contributed by atoms with E-state index in [9.17, 15) is 4.79 Å². The minimum atomic E-state index is 0.205. The predicted octanol–water partition coefficient (Wildman–Crippen LogP) is -1.00. The zero-order valence-corrected chi connectivity index (χ0v) is 9.66. The highest BCUT2D eigenvalue weighted by molar-refractivity contribution is 5.78. The Kier molecular flexibility index (Phi) is 5.60. The molecule has 0 spiro atoms. The van der Waals surface area contributed by atoms with Crippen molar-refractivity contribution in [2.75, 3.05) is 60.0 Å². The number of likely N-dealkylation sites (N-methyl/N-ethyl adjacent to an activating group) is 2. The van der Waals surface area contributed by atoms with Crippen molar-refractivity contribution in [2.45, 2.75) is 0 Å². The van der Waals surface area contributed by atoms with E-state index in [0.29, 0.717) is 19.8 Å². The highest BCUT2D eigenvalue weighted by Crippen LogP contribution is 1.98. The second-order valence-corrected chi connectivity index (χ2v) is 3.83. The molecule has 1 N–H and O–H groups in total. The molecule has 0 bridgehead atoms. The fraction of sp³-hybridized carbons (Fsp3) is 0.900. The van der Waals surface area contributed by atoms with Gasteiger partial charge in [-0.2, -0.15) is 0 Å². The van der Waals surface area contributed by atoms with E-state index >= 15 is 0 Å². The van der Waals surface area contributed by atoms with E-state index in [1.807, 2.05) is 23.9 Å². The maximum atomic E-state index is 11.8. The molecule has 5 nitrogen and oxygen atoms in total. The Hall–Kier alpha value is -0.650. The largest absolute Gasteiger partial charge is 0.378 e. The van der Waals surface area contributed by atoms with E-state index in [2.05, 4.69) is 5.32 Å². The molecule has 1 aliphatic heterocycles. The van der Waals surface area contributed by atoms with Crippen molar-refractivity contribution in [2.24, 2.45) is 0 Å². The summed E-state index contributed by atoms with van der Waals surface area (Å²) in [6, 6.07) is 0. The first-order chi connectivity index (χ1) is 7.24. The van der Waals surface area contributed by atoms with E-state index in [4.69, 9.17) is 4.74 Å². The van der Waals surface area contributed by atoms with E-state index in [-0.39, 0.29) is 5.91 Å². The van der Waals surface area contributed by atoms with Gasteiger partial charge in [0.2, 0.25) is 5.91 Å². The number of nitrogens with one attached hydrogen (secondary N) is 1. The predicted molar refractivity (Wildman–Crippen MR) is 58.8 cm³/mol. The Morgan fingerprint density at radius 1 is 1.47 bits per heavy atom. The minimum Gasteiger partial charge on any atom is -0.378 e. The molecule has 0 atom stereocenters. The Morgan fingerprint density at radius 3 is 2.73 bits per heavy atom. The van der Waals surface area contributed by atoms with Crippen LogP contribution in [0.1, 0.15) is 0 Å². The van der Waals surface area contributed by atoms with Crippen molar-refractivity contribution in [1.29, 1.82) is 0 Å².